The van der Waals surface area contributed by atoms with Crippen LogP contribution in [0.2, 0.25) is 0 Å². The monoisotopic (exact) mass is 438 g/mol. The molecule has 2 aliphatic rings. The van der Waals surface area contributed by atoms with Crippen molar-refractivity contribution in [3.05, 3.63) is 54.6 Å². The van der Waals surface area contributed by atoms with E-state index in [9.17, 15) is 9.59 Å². The van der Waals surface area contributed by atoms with Crippen molar-refractivity contribution in [1.82, 2.24) is 15.1 Å². The van der Waals surface area contributed by atoms with E-state index in [-0.39, 0.29) is 17.9 Å². The van der Waals surface area contributed by atoms with E-state index in [1.165, 1.54) is 0 Å². The summed E-state index contributed by atoms with van der Waals surface area (Å²) in [5.41, 5.74) is 0.837. The van der Waals surface area contributed by atoms with Gasteiger partial charge in [0.15, 0.2) is 0 Å². The second kappa shape index (κ2) is 10.3. The second-order valence-corrected chi connectivity index (χ2v) is 9.35. The molecule has 6 nitrogen and oxygen atoms in total. The van der Waals surface area contributed by atoms with Gasteiger partial charge in [0, 0.05) is 42.0 Å². The zero-order chi connectivity index (χ0) is 21.6. The first-order chi connectivity index (χ1) is 15.1. The van der Waals surface area contributed by atoms with E-state index in [4.69, 9.17) is 0 Å². The number of nitrogens with zero attached hydrogens (tertiary/aromatic N) is 2. The van der Waals surface area contributed by atoms with Gasteiger partial charge in [-0.3, -0.25) is 19.4 Å². The number of nitrogens with one attached hydrogen (secondary N) is 2. The maximum atomic E-state index is 13.0. The Morgan fingerprint density at radius 1 is 1.00 bits per heavy atom. The van der Waals surface area contributed by atoms with Crippen molar-refractivity contribution in [2.24, 2.45) is 0 Å². The summed E-state index contributed by atoms with van der Waals surface area (Å²) < 4.78 is 0. The van der Waals surface area contributed by atoms with Crippen LogP contribution >= 0.6 is 11.8 Å². The van der Waals surface area contributed by atoms with Gasteiger partial charge in [-0.2, -0.15) is 0 Å². The maximum Gasteiger partial charge on any atom is 0.241 e. The summed E-state index contributed by atoms with van der Waals surface area (Å²) in [5.74, 6) is 0.121. The summed E-state index contributed by atoms with van der Waals surface area (Å²) in [6.07, 6.45) is 2.22. The first-order valence-corrected chi connectivity index (χ1v) is 11.8. The third-order valence-electron chi connectivity index (χ3n) is 5.76. The Bertz CT molecular complexity index is 895. The molecule has 164 valence electrons. The van der Waals surface area contributed by atoms with Crippen molar-refractivity contribution in [2.45, 2.75) is 41.6 Å². The second-order valence-electron chi connectivity index (χ2n) is 8.23. The highest BCUT2D eigenvalue weighted by Crippen LogP contribution is 2.33. The quantitative estimate of drug-likeness (QED) is 0.663. The summed E-state index contributed by atoms with van der Waals surface area (Å²) in [6, 6.07) is 18.3. The van der Waals surface area contributed by atoms with Crippen LogP contribution in [0, 0.1) is 0 Å². The van der Waals surface area contributed by atoms with E-state index >= 15 is 0 Å². The summed E-state index contributed by atoms with van der Waals surface area (Å²) in [6.45, 7) is 5.58. The summed E-state index contributed by atoms with van der Waals surface area (Å²) in [5, 5.41) is 6.16. The molecule has 1 saturated carbocycles. The molecule has 31 heavy (non-hydrogen) atoms. The van der Waals surface area contributed by atoms with Gasteiger partial charge < -0.3 is 10.6 Å². The predicted molar refractivity (Wildman–Crippen MR) is 124 cm³/mol. The van der Waals surface area contributed by atoms with E-state index in [1.54, 1.807) is 11.8 Å². The van der Waals surface area contributed by atoms with Crippen LogP contribution in [0.25, 0.3) is 0 Å². The summed E-state index contributed by atoms with van der Waals surface area (Å²) in [4.78, 5) is 31.5. The number of anilines is 1. The lowest BCUT2D eigenvalue weighted by Crippen LogP contribution is -2.54. The highest BCUT2D eigenvalue weighted by molar-refractivity contribution is 7.99. The van der Waals surface area contributed by atoms with Gasteiger partial charge in [-0.1, -0.05) is 42.1 Å². The number of para-hydroxylation sites is 1. The Hall–Kier alpha value is -2.35. The Morgan fingerprint density at radius 3 is 2.39 bits per heavy atom. The molecular formula is C24H30N4O2S. The van der Waals surface area contributed by atoms with Crippen molar-refractivity contribution in [2.75, 3.05) is 38.0 Å². The van der Waals surface area contributed by atoms with Gasteiger partial charge in [0.05, 0.1) is 18.3 Å². The number of rotatable bonds is 8. The average molecular weight is 439 g/mol. The van der Waals surface area contributed by atoms with Gasteiger partial charge in [0.1, 0.15) is 0 Å². The molecule has 0 radical (unpaired) electrons. The molecular weight excluding hydrogens is 408 g/mol. The summed E-state index contributed by atoms with van der Waals surface area (Å²) >= 11 is 1.65. The molecule has 2 aromatic carbocycles. The smallest absolute Gasteiger partial charge is 0.241 e. The lowest BCUT2D eigenvalue weighted by atomic mass is 10.2. The highest BCUT2D eigenvalue weighted by atomic mass is 32.2. The Kier molecular flexibility index (Phi) is 7.27. The van der Waals surface area contributed by atoms with Crippen molar-refractivity contribution < 1.29 is 9.59 Å². The highest BCUT2D eigenvalue weighted by Gasteiger charge is 2.28. The molecule has 1 aliphatic carbocycles. The third-order valence-corrected chi connectivity index (χ3v) is 6.84. The van der Waals surface area contributed by atoms with Gasteiger partial charge in [0.25, 0.3) is 0 Å². The molecule has 1 unspecified atom stereocenters. The minimum absolute atomic E-state index is 0.000961. The van der Waals surface area contributed by atoms with Crippen molar-refractivity contribution >= 4 is 29.3 Å². The molecule has 1 aliphatic heterocycles. The number of carbonyl (C=O) groups excluding carboxylic acids is 2. The van der Waals surface area contributed by atoms with Crippen molar-refractivity contribution in [3.8, 4) is 0 Å². The first-order valence-electron chi connectivity index (χ1n) is 11.0. The van der Waals surface area contributed by atoms with E-state index in [0.717, 1.165) is 54.5 Å². The van der Waals surface area contributed by atoms with E-state index in [0.29, 0.717) is 12.6 Å². The molecule has 2 fully saturated rings. The molecule has 1 heterocycles. The number of piperazine rings is 1. The van der Waals surface area contributed by atoms with Crippen LogP contribution in [0.1, 0.15) is 19.8 Å². The fraction of sp³-hybridized carbons (Fsp3) is 0.417. The molecule has 1 atom stereocenters. The lowest BCUT2D eigenvalue weighted by molar-refractivity contribution is -0.124. The van der Waals surface area contributed by atoms with Gasteiger partial charge in [-0.25, -0.2) is 0 Å². The fourth-order valence-electron chi connectivity index (χ4n) is 3.69. The molecule has 2 N–H and O–H groups in total. The van der Waals surface area contributed by atoms with Crippen LogP contribution in [-0.2, 0) is 9.59 Å². The fourth-order valence-corrected chi connectivity index (χ4v) is 4.61. The Labute approximate surface area is 188 Å². The van der Waals surface area contributed by atoms with E-state index in [1.807, 2.05) is 49.4 Å². The van der Waals surface area contributed by atoms with Crippen LogP contribution in [-0.4, -0.2) is 66.4 Å². The molecule has 2 aromatic rings. The van der Waals surface area contributed by atoms with Crippen LogP contribution in [0.5, 0.6) is 0 Å². The maximum absolute atomic E-state index is 13.0. The minimum Gasteiger partial charge on any atom is -0.352 e. The number of benzene rings is 2. The first kappa shape index (κ1) is 21.9. The van der Waals surface area contributed by atoms with Crippen LogP contribution in [0.4, 0.5) is 5.69 Å². The normalized spacial score (nSPS) is 18.4. The van der Waals surface area contributed by atoms with Gasteiger partial charge >= 0.3 is 0 Å². The predicted octanol–water partition coefficient (Wildman–Crippen LogP) is 3.06. The standard InChI is InChI=1S/C24H30N4O2S/c1-18(28-15-13-27(14-16-28)17-23(29)25-19-11-12-19)24(30)26-21-9-5-6-10-22(21)31-20-7-3-2-4-8-20/h2-10,18-19H,11-17H2,1H3,(H,25,29)(H,26,30). The van der Waals surface area contributed by atoms with Gasteiger partial charge in [0.2, 0.25) is 11.8 Å². The van der Waals surface area contributed by atoms with Crippen LogP contribution < -0.4 is 10.6 Å². The molecule has 0 spiro atoms. The summed E-state index contributed by atoms with van der Waals surface area (Å²) in [7, 11) is 0. The number of carbonyl (C=O) groups is 2. The van der Waals surface area contributed by atoms with Gasteiger partial charge in [-0.15, -0.1) is 0 Å². The average Bonchev–Trinajstić information content (AvgIpc) is 3.59. The molecule has 7 heteroatoms. The Morgan fingerprint density at radius 2 is 1.68 bits per heavy atom. The van der Waals surface area contributed by atoms with Gasteiger partial charge in [-0.05, 0) is 44.0 Å². The largest absolute Gasteiger partial charge is 0.352 e. The number of hydrogen-bond donors (Lipinski definition) is 2. The van der Waals surface area contributed by atoms with Crippen LogP contribution in [0.3, 0.4) is 0 Å². The molecule has 2 amide bonds. The zero-order valence-electron chi connectivity index (χ0n) is 17.9. The lowest BCUT2D eigenvalue weighted by Gasteiger charge is -2.37. The molecule has 0 bridgehead atoms. The third kappa shape index (κ3) is 6.32. The number of hydrogen-bond acceptors (Lipinski definition) is 5. The zero-order valence-corrected chi connectivity index (χ0v) is 18.7. The van der Waals surface area contributed by atoms with Crippen molar-refractivity contribution in [1.29, 1.82) is 0 Å². The number of amides is 2. The molecule has 4 rings (SSSR count). The minimum atomic E-state index is -0.225. The van der Waals surface area contributed by atoms with E-state index < -0.39 is 0 Å². The van der Waals surface area contributed by atoms with E-state index in [2.05, 4.69) is 32.6 Å². The Balaban J connectivity index is 1.28. The molecule has 0 aromatic heterocycles. The van der Waals surface area contributed by atoms with Crippen LogP contribution in [0.15, 0.2) is 64.4 Å². The van der Waals surface area contributed by atoms with Crippen molar-refractivity contribution in [3.63, 3.8) is 0 Å². The SMILES string of the molecule is CC(C(=O)Nc1ccccc1Sc1ccccc1)N1CCN(CC(=O)NC2CC2)CC1. The molecule has 1 saturated heterocycles. The topological polar surface area (TPSA) is 64.7 Å².